The molecule has 1 fully saturated rings. The fraction of sp³-hybridized carbons (Fsp3) is 0.417. The van der Waals surface area contributed by atoms with Gasteiger partial charge in [-0.3, -0.25) is 0 Å². The molecule has 0 unspecified atom stereocenters. The van der Waals surface area contributed by atoms with Crippen molar-refractivity contribution in [2.45, 2.75) is 52.3 Å². The van der Waals surface area contributed by atoms with Gasteiger partial charge in [-0.05, 0) is 48.8 Å². The Morgan fingerprint density at radius 3 is 2.96 bits per heavy atom. The largest absolute Gasteiger partial charge is 0.303 e. The first-order valence-electron chi connectivity index (χ1n) is 12.3. The molecule has 0 radical (unpaired) electrons. The lowest BCUT2D eigenvalue weighted by Gasteiger charge is -2.15. The quantitative estimate of drug-likeness (QED) is 0.487. The highest BCUT2D eigenvalue weighted by Crippen LogP contribution is 2.37. The van der Waals surface area contributed by atoms with E-state index < -0.39 is 13.2 Å². The minimum absolute atomic E-state index is 0.110. The third-order valence-electron chi connectivity index (χ3n) is 6.05. The van der Waals surface area contributed by atoms with Crippen molar-refractivity contribution in [2.75, 3.05) is 0 Å². The van der Waals surface area contributed by atoms with E-state index >= 15 is 0 Å². The Kier molecular flexibility index (Phi) is 2.84. The number of aryl methyl sites for hydroxylation is 3. The first-order chi connectivity index (χ1) is 15.1. The lowest BCUT2D eigenvalue weighted by molar-refractivity contribution is -0.660. The summed E-state index contributed by atoms with van der Waals surface area (Å²) in [7, 11) is 1.85. The van der Waals surface area contributed by atoms with Crippen LogP contribution in [0.4, 0.5) is 0 Å². The van der Waals surface area contributed by atoms with E-state index in [1.165, 1.54) is 0 Å². The summed E-state index contributed by atoms with van der Waals surface area (Å²) < 4.78 is 46.3. The molecule has 1 aromatic carbocycles. The maximum absolute atomic E-state index is 9.00. The zero-order valence-electron chi connectivity index (χ0n) is 20.9. The number of fused-ring (bicyclic) bond motifs is 3. The van der Waals surface area contributed by atoms with Gasteiger partial charge in [0, 0.05) is 37.3 Å². The van der Waals surface area contributed by atoms with Crippen molar-refractivity contribution in [3.63, 3.8) is 0 Å². The molecular weight excluding hydrogens is 330 g/mol. The number of hydrogen-bond donors (Lipinski definition) is 0. The van der Waals surface area contributed by atoms with Crippen LogP contribution in [0.25, 0.3) is 16.9 Å². The van der Waals surface area contributed by atoms with Crippen molar-refractivity contribution in [3.8, 4) is 16.9 Å². The average Bonchev–Trinajstić information content (AvgIpc) is 3.45. The van der Waals surface area contributed by atoms with E-state index in [2.05, 4.69) is 28.6 Å². The first kappa shape index (κ1) is 12.1. The number of imidazole rings is 1. The van der Waals surface area contributed by atoms with E-state index in [-0.39, 0.29) is 11.5 Å². The molecule has 1 aliphatic carbocycles. The molecule has 27 heavy (non-hydrogen) atoms. The molecule has 0 amide bonds. The second-order valence-corrected chi connectivity index (χ2v) is 7.87. The summed E-state index contributed by atoms with van der Waals surface area (Å²) in [4.78, 5) is 4.48. The Bertz CT molecular complexity index is 1200. The van der Waals surface area contributed by atoms with E-state index in [1.807, 2.05) is 23.9 Å². The average molecular weight is 364 g/mol. The highest BCUT2D eigenvalue weighted by Gasteiger charge is 2.28. The van der Waals surface area contributed by atoms with Gasteiger partial charge in [0.15, 0.2) is 6.20 Å². The molecule has 1 saturated carbocycles. The Morgan fingerprint density at radius 1 is 1.30 bits per heavy atom. The second kappa shape index (κ2) is 6.33. The van der Waals surface area contributed by atoms with Crippen LogP contribution in [0.5, 0.6) is 0 Å². The van der Waals surface area contributed by atoms with Crippen LogP contribution < -0.4 is 4.57 Å². The molecule has 3 aromatic rings. The highest BCUT2D eigenvalue weighted by molar-refractivity contribution is 5.73. The summed E-state index contributed by atoms with van der Waals surface area (Å²) >= 11 is 0. The van der Waals surface area contributed by atoms with Crippen molar-refractivity contribution in [3.05, 3.63) is 64.9 Å². The van der Waals surface area contributed by atoms with Gasteiger partial charge in [-0.2, -0.15) is 0 Å². The van der Waals surface area contributed by atoms with Crippen molar-refractivity contribution < 1.29 is 11.4 Å². The van der Waals surface area contributed by atoms with Gasteiger partial charge >= 0.3 is 0 Å². The minimum Gasteiger partial charge on any atom is -0.303 e. The molecule has 0 N–H and O–H groups in total. The van der Waals surface area contributed by atoms with E-state index in [0.717, 1.165) is 59.6 Å². The number of benzene rings is 1. The van der Waals surface area contributed by atoms with E-state index in [9.17, 15) is 0 Å². The number of aromatic nitrogens is 3. The molecular formula is C24H28N3+. The third kappa shape index (κ3) is 2.72. The molecule has 1 aliphatic heterocycles. The van der Waals surface area contributed by atoms with E-state index in [0.29, 0.717) is 12.0 Å². The third-order valence-corrected chi connectivity index (χ3v) is 6.05. The van der Waals surface area contributed by atoms with Crippen LogP contribution in [0.15, 0.2) is 36.8 Å². The molecule has 138 valence electrons. The van der Waals surface area contributed by atoms with Crippen LogP contribution in [0.3, 0.4) is 0 Å². The summed E-state index contributed by atoms with van der Waals surface area (Å²) in [6, 6.07) is 5.98. The van der Waals surface area contributed by atoms with Gasteiger partial charge < -0.3 is 4.57 Å². The molecule has 3 heteroatoms. The first-order valence-corrected chi connectivity index (χ1v) is 9.79. The predicted octanol–water partition coefficient (Wildman–Crippen LogP) is 4.62. The second-order valence-electron chi connectivity index (χ2n) is 7.87. The van der Waals surface area contributed by atoms with Crippen LogP contribution in [0.1, 0.15) is 60.6 Å². The van der Waals surface area contributed by atoms with Crippen LogP contribution in [0, 0.1) is 19.7 Å². The van der Waals surface area contributed by atoms with Gasteiger partial charge in [0.2, 0.25) is 5.69 Å². The van der Waals surface area contributed by atoms with Gasteiger partial charge in [-0.1, -0.05) is 31.7 Å². The Labute approximate surface area is 168 Å². The molecule has 2 aromatic heterocycles. The lowest BCUT2D eigenvalue weighted by Crippen LogP contribution is -2.32. The normalized spacial score (nSPS) is 19.7. The van der Waals surface area contributed by atoms with Crippen LogP contribution in [-0.2, 0) is 19.8 Å². The lowest BCUT2D eigenvalue weighted by atomic mass is 9.91. The van der Waals surface area contributed by atoms with Gasteiger partial charge in [-0.15, -0.1) is 0 Å². The fourth-order valence-electron chi connectivity index (χ4n) is 4.66. The van der Waals surface area contributed by atoms with Gasteiger partial charge in [0.05, 0.1) is 11.3 Å². The summed E-state index contributed by atoms with van der Waals surface area (Å²) in [6.07, 6.45) is 7.98. The Morgan fingerprint density at radius 2 is 2.15 bits per heavy atom. The van der Waals surface area contributed by atoms with E-state index in [1.54, 1.807) is 12.4 Å². The number of pyridine rings is 1. The molecule has 0 atom stereocenters. The van der Waals surface area contributed by atoms with Crippen molar-refractivity contribution in [1.82, 2.24) is 9.55 Å². The molecule has 3 nitrogen and oxygen atoms in total. The van der Waals surface area contributed by atoms with Crippen molar-refractivity contribution >= 4 is 0 Å². The van der Waals surface area contributed by atoms with Crippen molar-refractivity contribution in [2.24, 2.45) is 13.0 Å². The van der Waals surface area contributed by atoms with Gasteiger partial charge in [0.25, 0.3) is 0 Å². The molecule has 2 aliphatic rings. The number of rotatable bonds is 3. The maximum atomic E-state index is 9.00. The molecule has 5 rings (SSSR count). The van der Waals surface area contributed by atoms with Crippen LogP contribution in [-0.4, -0.2) is 9.55 Å². The topological polar surface area (TPSA) is 21.7 Å². The fourth-order valence-corrected chi connectivity index (χ4v) is 4.66. The molecule has 3 heterocycles. The smallest absolute Gasteiger partial charge is 0.213 e. The Hall–Kier alpha value is -2.42. The van der Waals surface area contributed by atoms with Crippen LogP contribution in [0.2, 0.25) is 0 Å². The summed E-state index contributed by atoms with van der Waals surface area (Å²) in [5.41, 5.74) is 5.62. The van der Waals surface area contributed by atoms with Crippen molar-refractivity contribution in [1.29, 1.82) is 0 Å². The molecule has 0 bridgehead atoms. The van der Waals surface area contributed by atoms with Crippen LogP contribution >= 0.6 is 0 Å². The summed E-state index contributed by atoms with van der Waals surface area (Å²) in [5.74, 6) is 0.826. The number of nitrogens with zero attached hydrogens (tertiary/aromatic N) is 3. The zero-order valence-corrected chi connectivity index (χ0v) is 15.9. The van der Waals surface area contributed by atoms with E-state index in [4.69, 9.17) is 6.85 Å². The highest BCUT2D eigenvalue weighted by atomic mass is 15.1. The molecule has 0 saturated heterocycles. The van der Waals surface area contributed by atoms with Gasteiger partial charge in [0.1, 0.15) is 12.9 Å². The summed E-state index contributed by atoms with van der Waals surface area (Å²) in [5, 5.41) is 0. The SMILES string of the molecule is [2H]C([2H])([2H])c1c[n+](C)c(-c2c(C)ccc3c2Cc2nccn2-3)cc1C([2H])([2H])C1CCCC1. The zero-order chi connectivity index (χ0) is 22.8. The number of hydrogen-bond acceptors (Lipinski definition) is 1. The predicted molar refractivity (Wildman–Crippen MR) is 108 cm³/mol. The minimum atomic E-state index is -2.38. The maximum Gasteiger partial charge on any atom is 0.213 e. The van der Waals surface area contributed by atoms with Gasteiger partial charge in [-0.25, -0.2) is 9.55 Å². The Balaban J connectivity index is 1.74. The monoisotopic (exact) mass is 363 g/mol. The molecule has 0 spiro atoms. The standard InChI is InChI=1S/C24H28N3/c1-16-8-9-21-20(14-23-25-10-11-27(21)23)24(16)22-13-19(17(2)15-26(22)3)12-18-6-4-5-7-18/h8-11,13,15,18H,4-7,12,14H2,1-3H3/q+1/i2D3,12D2. The summed E-state index contributed by atoms with van der Waals surface area (Å²) in [6.45, 7) is -0.326.